The van der Waals surface area contributed by atoms with Crippen molar-refractivity contribution in [3.63, 3.8) is 0 Å². The number of amides is 1. The number of pyridine rings is 2. The molecule has 2 unspecified atom stereocenters. The lowest BCUT2D eigenvalue weighted by atomic mass is 10.1. The molecule has 1 amide bonds. The van der Waals surface area contributed by atoms with Gasteiger partial charge in [-0.3, -0.25) is 19.0 Å². The van der Waals surface area contributed by atoms with Gasteiger partial charge in [0, 0.05) is 12.4 Å². The molecule has 164 valence electrons. The Bertz CT molecular complexity index is 1420. The number of thioether (sulfide) groups is 1. The van der Waals surface area contributed by atoms with Crippen molar-refractivity contribution in [3.05, 3.63) is 52.2 Å². The molecule has 10 heteroatoms. The zero-order chi connectivity index (χ0) is 22.8. The number of nitrogens with zero attached hydrogens (tertiary/aromatic N) is 3. The van der Waals surface area contributed by atoms with Crippen LogP contribution in [0.25, 0.3) is 26.1 Å². The summed E-state index contributed by atoms with van der Waals surface area (Å²) >= 11 is 2.83. The normalized spacial score (nSPS) is 13.7. The molecule has 4 aromatic rings. The van der Waals surface area contributed by atoms with Crippen molar-refractivity contribution in [2.24, 2.45) is 4.99 Å². The molecule has 0 saturated carbocycles. The summed E-state index contributed by atoms with van der Waals surface area (Å²) in [5.41, 5.74) is 1.17. The Kier molecular flexibility index (Phi) is 6.35. The van der Waals surface area contributed by atoms with E-state index < -0.39 is 5.91 Å². The highest BCUT2D eigenvalue weighted by Crippen LogP contribution is 2.32. The number of hydrogen-bond acceptors (Lipinski definition) is 8. The van der Waals surface area contributed by atoms with Gasteiger partial charge < -0.3 is 16.0 Å². The molecule has 1 aromatic carbocycles. The Balaban J connectivity index is 1.99. The van der Waals surface area contributed by atoms with E-state index in [1.165, 1.54) is 29.3 Å². The smallest absolute Gasteiger partial charge is 0.259 e. The van der Waals surface area contributed by atoms with Gasteiger partial charge in [0.25, 0.3) is 5.91 Å². The second kappa shape index (κ2) is 9.19. The third-order valence-electron chi connectivity index (χ3n) is 4.93. The van der Waals surface area contributed by atoms with E-state index in [1.807, 2.05) is 42.5 Å². The Morgan fingerprint density at radius 3 is 2.81 bits per heavy atom. The second-order valence-corrected chi connectivity index (χ2v) is 9.47. The first-order valence-electron chi connectivity index (χ1n) is 9.98. The zero-order valence-electron chi connectivity index (χ0n) is 17.7. The van der Waals surface area contributed by atoms with Crippen molar-refractivity contribution < 1.29 is 4.79 Å². The standard InChI is InChI=1S/C22H22N6O2S2/c1-12(24-3)26-21(30)18-19(29)14-8-9-17(31-13(2)25-11-10-23)27-20(14)28-15-6-4-5-7-16(15)32-22(18)28/h4-13,23-24H,1-3H3,(H,26,30)/b23-10?,25-11-. The summed E-state index contributed by atoms with van der Waals surface area (Å²) in [5.74, 6) is -0.420. The first-order chi connectivity index (χ1) is 15.4. The number of hydrogen-bond donors (Lipinski definition) is 3. The fourth-order valence-electron chi connectivity index (χ4n) is 3.35. The Morgan fingerprint density at radius 1 is 1.28 bits per heavy atom. The summed E-state index contributed by atoms with van der Waals surface area (Å²) < 4.78 is 2.85. The van der Waals surface area contributed by atoms with E-state index in [0.717, 1.165) is 16.4 Å². The monoisotopic (exact) mass is 466 g/mol. The molecule has 0 saturated heterocycles. The number of carbonyl (C=O) groups is 1. The largest absolute Gasteiger partial charge is 0.337 e. The molecule has 0 radical (unpaired) electrons. The molecule has 3 aromatic heterocycles. The summed E-state index contributed by atoms with van der Waals surface area (Å²) in [6.07, 6.45) is 2.28. The molecule has 0 aliphatic carbocycles. The predicted molar refractivity (Wildman–Crippen MR) is 133 cm³/mol. The number of fused-ring (bicyclic) bond motifs is 5. The fraction of sp³-hybridized carbons (Fsp3) is 0.227. The number of rotatable bonds is 7. The van der Waals surface area contributed by atoms with Crippen molar-refractivity contribution in [1.29, 1.82) is 5.41 Å². The van der Waals surface area contributed by atoms with E-state index in [2.05, 4.69) is 15.6 Å². The van der Waals surface area contributed by atoms with Crippen LogP contribution < -0.4 is 16.1 Å². The molecule has 3 heterocycles. The van der Waals surface area contributed by atoms with E-state index in [-0.39, 0.29) is 22.5 Å². The first-order valence-corrected chi connectivity index (χ1v) is 11.7. The van der Waals surface area contributed by atoms with Crippen molar-refractivity contribution in [2.75, 3.05) is 7.05 Å². The lowest BCUT2D eigenvalue weighted by Gasteiger charge is -2.14. The van der Waals surface area contributed by atoms with Crippen LogP contribution in [-0.2, 0) is 0 Å². The zero-order valence-corrected chi connectivity index (χ0v) is 19.4. The summed E-state index contributed by atoms with van der Waals surface area (Å²) in [6.45, 7) is 3.72. The van der Waals surface area contributed by atoms with Gasteiger partial charge in [0.15, 0.2) is 5.65 Å². The van der Waals surface area contributed by atoms with Gasteiger partial charge >= 0.3 is 0 Å². The Morgan fingerprint density at radius 2 is 2.06 bits per heavy atom. The molecule has 2 atom stereocenters. The minimum Gasteiger partial charge on any atom is -0.337 e. The Labute approximate surface area is 192 Å². The number of carbonyl (C=O) groups excluding carboxylic acids is 1. The number of aromatic nitrogens is 2. The molecule has 0 aliphatic rings. The van der Waals surface area contributed by atoms with E-state index in [9.17, 15) is 9.59 Å². The summed E-state index contributed by atoms with van der Waals surface area (Å²) in [6, 6.07) is 11.3. The van der Waals surface area contributed by atoms with Gasteiger partial charge in [0.1, 0.15) is 15.4 Å². The van der Waals surface area contributed by atoms with E-state index in [0.29, 0.717) is 20.9 Å². The minimum atomic E-state index is -0.420. The second-order valence-electron chi connectivity index (χ2n) is 7.10. The summed E-state index contributed by atoms with van der Waals surface area (Å²) in [5, 5.41) is 13.8. The van der Waals surface area contributed by atoms with Gasteiger partial charge in [-0.25, -0.2) is 4.98 Å². The molecule has 0 spiro atoms. The number of aliphatic imine (C=N–C) groups is 1. The third-order valence-corrected chi connectivity index (χ3v) is 7.01. The van der Waals surface area contributed by atoms with Gasteiger partial charge in [-0.15, -0.1) is 11.3 Å². The van der Waals surface area contributed by atoms with Gasteiger partial charge in [0.2, 0.25) is 5.43 Å². The topological polar surface area (TPSA) is 112 Å². The van der Waals surface area contributed by atoms with Crippen LogP contribution in [0.1, 0.15) is 24.2 Å². The lowest BCUT2D eigenvalue weighted by Crippen LogP contribution is -2.42. The SMILES string of the molecule is CNC(C)NC(=O)c1c(=O)c2ccc(SC(C)/N=C\C=N)nc2n2c1sc1ccccc12. The number of benzene rings is 1. The molecule has 4 rings (SSSR count). The highest BCUT2D eigenvalue weighted by molar-refractivity contribution is 7.99. The maximum absolute atomic E-state index is 13.4. The molecule has 0 fully saturated rings. The molecule has 3 N–H and O–H groups in total. The molecule has 0 bridgehead atoms. The molecular formula is C22H22N6O2S2. The highest BCUT2D eigenvalue weighted by Gasteiger charge is 2.23. The lowest BCUT2D eigenvalue weighted by molar-refractivity contribution is 0.0936. The van der Waals surface area contributed by atoms with Crippen LogP contribution in [0.2, 0.25) is 0 Å². The van der Waals surface area contributed by atoms with Crippen molar-refractivity contribution in [3.8, 4) is 0 Å². The average molecular weight is 467 g/mol. The maximum Gasteiger partial charge on any atom is 0.259 e. The van der Waals surface area contributed by atoms with E-state index in [4.69, 9.17) is 10.4 Å². The predicted octanol–water partition coefficient (Wildman–Crippen LogP) is 3.52. The number of nitrogens with one attached hydrogen (secondary N) is 3. The molecular weight excluding hydrogens is 444 g/mol. The third kappa shape index (κ3) is 4.04. The van der Waals surface area contributed by atoms with Crippen LogP contribution in [0, 0.1) is 5.41 Å². The van der Waals surface area contributed by atoms with Crippen LogP contribution in [0.4, 0.5) is 0 Å². The number of thiazole rings is 1. The van der Waals surface area contributed by atoms with Crippen LogP contribution in [0.15, 0.2) is 51.2 Å². The summed E-state index contributed by atoms with van der Waals surface area (Å²) in [7, 11) is 1.74. The minimum absolute atomic E-state index is 0.118. The van der Waals surface area contributed by atoms with Crippen molar-refractivity contribution in [2.45, 2.75) is 30.4 Å². The van der Waals surface area contributed by atoms with Gasteiger partial charge in [-0.05, 0) is 45.2 Å². The summed E-state index contributed by atoms with van der Waals surface area (Å²) in [4.78, 5) is 36.1. The first kappa shape index (κ1) is 22.1. The van der Waals surface area contributed by atoms with E-state index in [1.54, 1.807) is 19.2 Å². The van der Waals surface area contributed by atoms with Crippen molar-refractivity contribution in [1.82, 2.24) is 20.0 Å². The Hall–Kier alpha value is -3.08. The van der Waals surface area contributed by atoms with Crippen LogP contribution in [0.3, 0.4) is 0 Å². The maximum atomic E-state index is 13.4. The van der Waals surface area contributed by atoms with Gasteiger partial charge in [-0.2, -0.15) is 0 Å². The van der Waals surface area contributed by atoms with E-state index >= 15 is 0 Å². The van der Waals surface area contributed by atoms with Crippen LogP contribution in [0.5, 0.6) is 0 Å². The van der Waals surface area contributed by atoms with Gasteiger partial charge in [0.05, 0.1) is 27.1 Å². The van der Waals surface area contributed by atoms with Crippen molar-refractivity contribution >= 4 is 67.5 Å². The molecule has 8 nitrogen and oxygen atoms in total. The number of para-hydroxylation sites is 1. The highest BCUT2D eigenvalue weighted by atomic mass is 32.2. The molecule has 0 aliphatic heterocycles. The molecule has 32 heavy (non-hydrogen) atoms. The quantitative estimate of drug-likeness (QED) is 0.219. The van der Waals surface area contributed by atoms with Crippen LogP contribution in [-0.4, -0.2) is 46.3 Å². The average Bonchev–Trinajstić information content (AvgIpc) is 3.16. The van der Waals surface area contributed by atoms with Crippen LogP contribution >= 0.6 is 23.1 Å². The fourth-order valence-corrected chi connectivity index (χ4v) is 5.30. The van der Waals surface area contributed by atoms with Gasteiger partial charge in [-0.1, -0.05) is 23.9 Å².